The number of aromatic nitrogens is 1. The van der Waals surface area contributed by atoms with Crippen molar-refractivity contribution in [2.45, 2.75) is 29.3 Å². The van der Waals surface area contributed by atoms with Crippen molar-refractivity contribution in [1.29, 1.82) is 0 Å². The van der Waals surface area contributed by atoms with Gasteiger partial charge in [-0.1, -0.05) is 0 Å². The zero-order valence-electron chi connectivity index (χ0n) is 17.7. The zero-order chi connectivity index (χ0) is 24.5. The van der Waals surface area contributed by atoms with Gasteiger partial charge in [-0.15, -0.1) is 11.3 Å². The molecule has 1 atom stereocenters. The number of hydrogen-bond donors (Lipinski definition) is 2. The summed E-state index contributed by atoms with van der Waals surface area (Å²) in [4.78, 5) is 5.78. The van der Waals surface area contributed by atoms with Crippen LogP contribution in [0, 0.1) is 0 Å². The van der Waals surface area contributed by atoms with Gasteiger partial charge in [0, 0.05) is 29.8 Å². The average Bonchev–Trinajstić information content (AvgIpc) is 3.30. The number of anilines is 2. The van der Waals surface area contributed by atoms with Crippen LogP contribution in [0.2, 0.25) is 0 Å². The van der Waals surface area contributed by atoms with Gasteiger partial charge in [0.25, 0.3) is 0 Å². The number of benzene rings is 2. The Hall–Kier alpha value is -2.67. The van der Waals surface area contributed by atoms with Crippen molar-refractivity contribution in [3.63, 3.8) is 0 Å². The molecule has 1 aromatic heterocycles. The maximum absolute atomic E-state index is 13.3. The van der Waals surface area contributed by atoms with E-state index in [0.29, 0.717) is 22.9 Å². The van der Waals surface area contributed by atoms with Crippen LogP contribution >= 0.6 is 11.3 Å². The summed E-state index contributed by atoms with van der Waals surface area (Å²) in [5.41, 5.74) is 0.223. The van der Waals surface area contributed by atoms with Gasteiger partial charge in [0.2, 0.25) is 0 Å². The zero-order valence-corrected chi connectivity index (χ0v) is 19.3. The fourth-order valence-electron chi connectivity index (χ4n) is 3.72. The summed E-state index contributed by atoms with van der Waals surface area (Å²) in [7, 11) is -3.68. The molecule has 0 fully saturated rings. The largest absolute Gasteiger partial charge is 0.489 e. The van der Waals surface area contributed by atoms with E-state index in [1.165, 1.54) is 35.7 Å². The van der Waals surface area contributed by atoms with Crippen LogP contribution in [0.3, 0.4) is 0 Å². The number of halogens is 3. The number of alkyl halides is 3. The Kier molecular flexibility index (Phi) is 6.85. The lowest BCUT2D eigenvalue weighted by Gasteiger charge is -2.33. The third-order valence-electron chi connectivity index (χ3n) is 5.31. The molecule has 2 N–H and O–H groups in total. The molecule has 1 unspecified atom stereocenters. The van der Waals surface area contributed by atoms with Gasteiger partial charge in [-0.3, -0.25) is 0 Å². The quantitative estimate of drug-likeness (QED) is 0.497. The maximum atomic E-state index is 13.3. The highest BCUT2D eigenvalue weighted by Crippen LogP contribution is 2.41. The van der Waals surface area contributed by atoms with Crippen molar-refractivity contribution in [2.24, 2.45) is 0 Å². The predicted molar refractivity (Wildman–Crippen MR) is 120 cm³/mol. The van der Waals surface area contributed by atoms with E-state index in [4.69, 9.17) is 4.74 Å². The molecule has 0 amide bonds. The first kappa shape index (κ1) is 24.5. The molecule has 0 saturated carbocycles. The van der Waals surface area contributed by atoms with Crippen molar-refractivity contribution in [1.82, 2.24) is 4.98 Å². The minimum absolute atomic E-state index is 0.0478. The van der Waals surface area contributed by atoms with Gasteiger partial charge >= 0.3 is 6.18 Å². The lowest BCUT2D eigenvalue weighted by Crippen LogP contribution is -2.30. The van der Waals surface area contributed by atoms with E-state index in [1.807, 2.05) is 0 Å². The highest BCUT2D eigenvalue weighted by molar-refractivity contribution is 7.90. The molecule has 0 aliphatic carbocycles. The maximum Gasteiger partial charge on any atom is 0.416 e. The number of fused-ring (bicyclic) bond motifs is 1. The normalized spacial score (nSPS) is 15.0. The van der Waals surface area contributed by atoms with Gasteiger partial charge in [0.15, 0.2) is 9.84 Å². The number of aliphatic hydroxyl groups is 2. The minimum Gasteiger partial charge on any atom is -0.489 e. The van der Waals surface area contributed by atoms with Gasteiger partial charge in [-0.2, -0.15) is 13.2 Å². The Bertz CT molecular complexity index is 1260. The molecule has 0 spiro atoms. The summed E-state index contributed by atoms with van der Waals surface area (Å²) in [6.45, 7) is -0.131. The molecular formula is C22H21F3N2O5S2. The lowest BCUT2D eigenvalue weighted by atomic mass is 10.0. The topological polar surface area (TPSA) is 100.0 Å². The number of aliphatic hydroxyl groups excluding tert-OH is 2. The number of sulfone groups is 1. The highest BCUT2D eigenvalue weighted by atomic mass is 32.2. The van der Waals surface area contributed by atoms with Crippen molar-refractivity contribution < 1.29 is 36.5 Å². The van der Waals surface area contributed by atoms with E-state index in [1.54, 1.807) is 16.3 Å². The van der Waals surface area contributed by atoms with E-state index in [0.717, 1.165) is 12.1 Å². The number of nitrogens with zero attached hydrogens (tertiary/aromatic N) is 2. The summed E-state index contributed by atoms with van der Waals surface area (Å²) in [5.74, 6) is 0.0231. The van der Waals surface area contributed by atoms with Crippen LogP contribution in [0.25, 0.3) is 0 Å². The Morgan fingerprint density at radius 2 is 1.94 bits per heavy atom. The van der Waals surface area contributed by atoms with E-state index in [9.17, 15) is 31.8 Å². The molecule has 3 aromatic rings. The molecule has 0 radical (unpaired) electrons. The second-order valence-electron chi connectivity index (χ2n) is 7.70. The van der Waals surface area contributed by atoms with Crippen LogP contribution < -0.4 is 9.64 Å². The summed E-state index contributed by atoms with van der Waals surface area (Å²) >= 11 is 1.23. The molecule has 182 valence electrons. The third kappa shape index (κ3) is 5.19. The van der Waals surface area contributed by atoms with Crippen LogP contribution in [-0.2, 0) is 28.2 Å². The summed E-state index contributed by atoms with van der Waals surface area (Å²) in [6, 6.07) is 7.59. The second kappa shape index (κ2) is 9.53. The van der Waals surface area contributed by atoms with Crippen molar-refractivity contribution in [3.05, 3.63) is 64.1 Å². The summed E-state index contributed by atoms with van der Waals surface area (Å²) in [5, 5.41) is 21.3. The Morgan fingerprint density at radius 3 is 2.62 bits per heavy atom. The smallest absolute Gasteiger partial charge is 0.416 e. The second-order valence-corrected chi connectivity index (χ2v) is 10.7. The molecule has 0 saturated heterocycles. The number of hydrogen-bond acceptors (Lipinski definition) is 8. The van der Waals surface area contributed by atoms with E-state index in [-0.39, 0.29) is 35.0 Å². The van der Waals surface area contributed by atoms with Gasteiger partial charge in [0.1, 0.15) is 23.1 Å². The van der Waals surface area contributed by atoms with Crippen molar-refractivity contribution in [2.75, 3.05) is 24.7 Å². The Morgan fingerprint density at radius 1 is 1.18 bits per heavy atom. The van der Waals surface area contributed by atoms with Crippen molar-refractivity contribution >= 4 is 32.5 Å². The molecule has 1 aliphatic heterocycles. The van der Waals surface area contributed by atoms with Crippen LogP contribution in [0.4, 0.5) is 24.5 Å². The van der Waals surface area contributed by atoms with Crippen LogP contribution in [0.1, 0.15) is 16.1 Å². The highest BCUT2D eigenvalue weighted by Gasteiger charge is 2.32. The van der Waals surface area contributed by atoms with Gasteiger partial charge in [0.05, 0.1) is 35.4 Å². The number of rotatable bonds is 7. The first-order chi connectivity index (χ1) is 16.1. The van der Waals surface area contributed by atoms with Gasteiger partial charge < -0.3 is 19.8 Å². The van der Waals surface area contributed by atoms with E-state index < -0.39 is 34.3 Å². The fourth-order valence-corrected chi connectivity index (χ4v) is 5.99. The third-order valence-corrected chi connectivity index (χ3v) is 7.90. The molecule has 4 rings (SSSR count). The molecule has 2 aromatic carbocycles. The van der Waals surface area contributed by atoms with Crippen LogP contribution in [0.15, 0.2) is 52.9 Å². The molecule has 2 heterocycles. The molecule has 1 aliphatic rings. The summed E-state index contributed by atoms with van der Waals surface area (Å²) < 4.78 is 71.2. The Balaban J connectivity index is 1.71. The molecule has 0 bridgehead atoms. The molecule has 7 nitrogen and oxygen atoms in total. The fraction of sp³-hybridized carbons (Fsp3) is 0.318. The number of thiazole rings is 1. The first-order valence-corrected chi connectivity index (χ1v) is 12.8. The van der Waals surface area contributed by atoms with E-state index in [2.05, 4.69) is 4.98 Å². The van der Waals surface area contributed by atoms with Gasteiger partial charge in [-0.05, 0) is 35.9 Å². The standard InChI is InChI=1S/C22H21F3N2O5S2/c23-22(24,25)15-1-3-18(14(9-15)10-16(29)12-28)27-6-7-32-20-11-17(2-4-19(20)27)34(30,31)13-21-26-5-8-33-21/h1-5,8-9,11,16,28-29H,6-7,10,12-13H2. The first-order valence-electron chi connectivity index (χ1n) is 10.2. The van der Waals surface area contributed by atoms with Crippen LogP contribution in [-0.4, -0.2) is 49.5 Å². The van der Waals surface area contributed by atoms with Crippen molar-refractivity contribution in [3.8, 4) is 5.75 Å². The number of ether oxygens (including phenoxy) is 1. The lowest BCUT2D eigenvalue weighted by molar-refractivity contribution is -0.137. The molecule has 12 heteroatoms. The minimum atomic E-state index is -4.57. The SMILES string of the molecule is O=S(=O)(Cc1nccs1)c1ccc2c(c1)OCCN2c1ccc(C(F)(F)F)cc1CC(O)CO. The average molecular weight is 515 g/mol. The Labute approximate surface area is 198 Å². The van der Waals surface area contributed by atoms with E-state index >= 15 is 0 Å². The summed E-state index contributed by atoms with van der Waals surface area (Å²) in [6.07, 6.45) is -4.47. The predicted octanol–water partition coefficient (Wildman–Crippen LogP) is 3.56. The van der Waals surface area contributed by atoms with Crippen LogP contribution in [0.5, 0.6) is 5.75 Å². The monoisotopic (exact) mass is 514 g/mol. The molecule has 34 heavy (non-hydrogen) atoms. The van der Waals surface area contributed by atoms with Gasteiger partial charge in [-0.25, -0.2) is 13.4 Å². The molecular weight excluding hydrogens is 493 g/mol.